The van der Waals surface area contributed by atoms with Crippen molar-refractivity contribution in [3.63, 3.8) is 0 Å². The average molecular weight is 288 g/mol. The van der Waals surface area contributed by atoms with Gasteiger partial charge in [-0.2, -0.15) is 0 Å². The lowest BCUT2D eigenvalue weighted by Crippen LogP contribution is -2.43. The molecule has 0 atom stereocenters. The first kappa shape index (κ1) is 16.0. The first-order valence-electron chi connectivity index (χ1n) is 6.67. The van der Waals surface area contributed by atoms with Crippen LogP contribution in [0.2, 0.25) is 0 Å². The second kappa shape index (κ2) is 8.16. The summed E-state index contributed by atoms with van der Waals surface area (Å²) in [5, 5.41) is 6.50. The van der Waals surface area contributed by atoms with Gasteiger partial charge in [-0.3, -0.25) is 4.99 Å². The van der Waals surface area contributed by atoms with Crippen molar-refractivity contribution in [2.24, 2.45) is 4.99 Å². The van der Waals surface area contributed by atoms with Crippen LogP contribution in [-0.4, -0.2) is 46.3 Å². The van der Waals surface area contributed by atoms with Crippen molar-refractivity contribution >= 4 is 16.0 Å². The number of sulfonamides is 1. The smallest absolute Gasteiger partial charge is 0.211 e. The second-order valence-corrected chi connectivity index (χ2v) is 6.53. The molecule has 0 saturated heterocycles. The number of nitrogens with zero attached hydrogens (tertiary/aromatic N) is 1. The molecule has 1 aliphatic rings. The highest BCUT2D eigenvalue weighted by Gasteiger charge is 2.11. The van der Waals surface area contributed by atoms with Crippen LogP contribution in [0.3, 0.4) is 0 Å². The molecular formula is C12H24N4O2S. The fraction of sp³-hybridized carbons (Fsp3) is 0.750. The SMILES string of the molecule is CCS(=O)(=O)NCCCNC(=NC)NC1CC=CC1. The van der Waals surface area contributed by atoms with E-state index in [2.05, 4.69) is 32.5 Å². The molecule has 0 amide bonds. The number of rotatable bonds is 7. The molecule has 3 N–H and O–H groups in total. The predicted molar refractivity (Wildman–Crippen MR) is 78.7 cm³/mol. The highest BCUT2D eigenvalue weighted by Crippen LogP contribution is 2.08. The number of nitrogens with one attached hydrogen (secondary N) is 3. The van der Waals surface area contributed by atoms with Crippen LogP contribution in [0.4, 0.5) is 0 Å². The minimum Gasteiger partial charge on any atom is -0.356 e. The Balaban J connectivity index is 2.13. The van der Waals surface area contributed by atoms with Crippen molar-refractivity contribution in [2.75, 3.05) is 25.9 Å². The molecule has 0 spiro atoms. The van der Waals surface area contributed by atoms with Gasteiger partial charge >= 0.3 is 0 Å². The predicted octanol–water partition coefficient (Wildman–Crippen LogP) is 0.199. The summed E-state index contributed by atoms with van der Waals surface area (Å²) in [6.45, 7) is 2.76. The Bertz CT molecular complexity index is 409. The fourth-order valence-corrected chi connectivity index (χ4v) is 2.41. The lowest BCUT2D eigenvalue weighted by atomic mass is 10.2. The maximum atomic E-state index is 11.2. The first-order chi connectivity index (χ1) is 9.07. The zero-order valence-electron chi connectivity index (χ0n) is 11.6. The molecule has 7 heteroatoms. The number of aliphatic imine (C=N–C) groups is 1. The van der Waals surface area contributed by atoms with Crippen molar-refractivity contribution in [3.8, 4) is 0 Å². The van der Waals surface area contributed by atoms with Crippen molar-refractivity contribution in [1.29, 1.82) is 0 Å². The molecule has 0 aromatic heterocycles. The van der Waals surface area contributed by atoms with Gasteiger partial charge in [0.25, 0.3) is 0 Å². The quantitative estimate of drug-likeness (QED) is 0.270. The Labute approximate surface area is 115 Å². The lowest BCUT2D eigenvalue weighted by molar-refractivity contribution is 0.579. The Hall–Kier alpha value is -1.08. The molecule has 0 unspecified atom stereocenters. The van der Waals surface area contributed by atoms with Crippen LogP contribution in [0.5, 0.6) is 0 Å². The van der Waals surface area contributed by atoms with Crippen LogP contribution in [0.25, 0.3) is 0 Å². The van der Waals surface area contributed by atoms with E-state index in [1.807, 2.05) is 0 Å². The first-order valence-corrected chi connectivity index (χ1v) is 8.32. The molecule has 0 fully saturated rings. The molecule has 0 bridgehead atoms. The highest BCUT2D eigenvalue weighted by atomic mass is 32.2. The van der Waals surface area contributed by atoms with Gasteiger partial charge < -0.3 is 10.6 Å². The van der Waals surface area contributed by atoms with E-state index < -0.39 is 10.0 Å². The van der Waals surface area contributed by atoms with Gasteiger partial charge in [0.1, 0.15) is 0 Å². The molecule has 0 heterocycles. The van der Waals surface area contributed by atoms with E-state index in [0.29, 0.717) is 19.1 Å². The molecule has 0 aliphatic heterocycles. The molecular weight excluding hydrogens is 264 g/mol. The maximum Gasteiger partial charge on any atom is 0.211 e. The number of hydrogen-bond donors (Lipinski definition) is 3. The topological polar surface area (TPSA) is 82.6 Å². The third-order valence-corrected chi connectivity index (χ3v) is 4.32. The standard InChI is InChI=1S/C12H24N4O2S/c1-3-19(17,18)15-10-6-9-14-12(13-2)16-11-7-4-5-8-11/h4-5,11,15H,3,6-10H2,1-2H3,(H2,13,14,16). The van der Waals surface area contributed by atoms with E-state index in [4.69, 9.17) is 0 Å². The fourth-order valence-electron chi connectivity index (χ4n) is 1.75. The summed E-state index contributed by atoms with van der Waals surface area (Å²) in [5.41, 5.74) is 0. The minimum absolute atomic E-state index is 0.123. The summed E-state index contributed by atoms with van der Waals surface area (Å²) >= 11 is 0. The summed E-state index contributed by atoms with van der Waals surface area (Å²) in [7, 11) is -1.34. The summed E-state index contributed by atoms with van der Waals surface area (Å²) in [5.74, 6) is 0.894. The molecule has 0 aromatic carbocycles. The van der Waals surface area contributed by atoms with Crippen LogP contribution in [0.1, 0.15) is 26.2 Å². The molecule has 110 valence electrons. The van der Waals surface area contributed by atoms with Gasteiger partial charge in [-0.05, 0) is 26.2 Å². The van der Waals surface area contributed by atoms with Crippen LogP contribution in [0.15, 0.2) is 17.1 Å². The van der Waals surface area contributed by atoms with Gasteiger partial charge in [0.05, 0.1) is 5.75 Å². The molecule has 19 heavy (non-hydrogen) atoms. The van der Waals surface area contributed by atoms with Gasteiger partial charge in [-0.15, -0.1) is 0 Å². The summed E-state index contributed by atoms with van der Waals surface area (Å²) < 4.78 is 25.0. The van der Waals surface area contributed by atoms with Crippen LogP contribution in [-0.2, 0) is 10.0 Å². The monoisotopic (exact) mass is 288 g/mol. The van der Waals surface area contributed by atoms with Crippen LogP contribution in [0, 0.1) is 0 Å². The molecule has 1 aliphatic carbocycles. The summed E-state index contributed by atoms with van der Waals surface area (Å²) in [6.07, 6.45) is 7.09. The van der Waals surface area contributed by atoms with Crippen molar-refractivity contribution in [3.05, 3.63) is 12.2 Å². The van der Waals surface area contributed by atoms with Crippen molar-refractivity contribution < 1.29 is 8.42 Å². The minimum atomic E-state index is -3.08. The lowest BCUT2D eigenvalue weighted by Gasteiger charge is -2.16. The molecule has 0 saturated carbocycles. The van der Waals surface area contributed by atoms with Gasteiger partial charge in [0, 0.05) is 26.2 Å². The zero-order chi connectivity index (χ0) is 14.1. The third-order valence-electron chi connectivity index (χ3n) is 2.92. The van der Waals surface area contributed by atoms with E-state index in [1.54, 1.807) is 14.0 Å². The van der Waals surface area contributed by atoms with Gasteiger partial charge in [-0.25, -0.2) is 13.1 Å². The van der Waals surface area contributed by atoms with E-state index in [0.717, 1.165) is 25.2 Å². The molecule has 0 radical (unpaired) electrons. The average Bonchev–Trinajstić information content (AvgIpc) is 2.89. The Kier molecular flexibility index (Phi) is 6.86. The van der Waals surface area contributed by atoms with Crippen LogP contribution >= 0.6 is 0 Å². The Morgan fingerprint density at radius 3 is 2.58 bits per heavy atom. The molecule has 0 aromatic rings. The van der Waals surface area contributed by atoms with E-state index in [-0.39, 0.29) is 5.75 Å². The van der Waals surface area contributed by atoms with E-state index >= 15 is 0 Å². The third kappa shape index (κ3) is 6.58. The Morgan fingerprint density at radius 1 is 1.32 bits per heavy atom. The maximum absolute atomic E-state index is 11.2. The van der Waals surface area contributed by atoms with E-state index in [9.17, 15) is 8.42 Å². The van der Waals surface area contributed by atoms with Crippen molar-refractivity contribution in [2.45, 2.75) is 32.2 Å². The van der Waals surface area contributed by atoms with E-state index in [1.165, 1.54) is 0 Å². The normalized spacial score (nSPS) is 16.8. The summed E-state index contributed by atoms with van der Waals surface area (Å²) in [4.78, 5) is 4.14. The largest absolute Gasteiger partial charge is 0.356 e. The highest BCUT2D eigenvalue weighted by molar-refractivity contribution is 7.89. The Morgan fingerprint density at radius 2 is 2.00 bits per heavy atom. The summed E-state index contributed by atoms with van der Waals surface area (Å²) in [6, 6.07) is 0.421. The van der Waals surface area contributed by atoms with Gasteiger partial charge in [-0.1, -0.05) is 12.2 Å². The molecule has 6 nitrogen and oxygen atoms in total. The van der Waals surface area contributed by atoms with Crippen molar-refractivity contribution in [1.82, 2.24) is 15.4 Å². The van der Waals surface area contributed by atoms with Gasteiger partial charge in [0.15, 0.2) is 5.96 Å². The van der Waals surface area contributed by atoms with Gasteiger partial charge in [0.2, 0.25) is 10.0 Å². The zero-order valence-corrected chi connectivity index (χ0v) is 12.5. The number of hydrogen-bond acceptors (Lipinski definition) is 3. The number of guanidine groups is 1. The van der Waals surface area contributed by atoms with Crippen LogP contribution < -0.4 is 15.4 Å². The second-order valence-electron chi connectivity index (χ2n) is 4.43. The molecule has 1 rings (SSSR count).